The summed E-state index contributed by atoms with van der Waals surface area (Å²) in [6.45, 7) is 3.46. The number of likely N-dealkylation sites (tertiary alicyclic amines) is 1. The smallest absolute Gasteiger partial charge is 0.426 e. The van der Waals surface area contributed by atoms with Gasteiger partial charge in [0.1, 0.15) is 6.04 Å². The van der Waals surface area contributed by atoms with Crippen LogP contribution in [0.1, 0.15) is 29.3 Å². The number of rotatable bonds is 4. The molecule has 2 rings (SSSR count). The summed E-state index contributed by atoms with van der Waals surface area (Å²) < 4.78 is 0. The number of carbonyl (C=O) groups excluding carboxylic acids is 2. The van der Waals surface area contributed by atoms with Gasteiger partial charge in [0, 0.05) is 12.1 Å². The molecule has 4 N–H and O–H groups in total. The van der Waals surface area contributed by atoms with E-state index in [4.69, 9.17) is 0 Å². The lowest BCUT2D eigenvalue weighted by Gasteiger charge is -2.27. The van der Waals surface area contributed by atoms with Crippen LogP contribution in [0, 0.1) is 6.92 Å². The molecule has 0 aliphatic carbocycles. The number of aliphatic hydroxyl groups is 1. The second-order valence-electron chi connectivity index (χ2n) is 5.92. The van der Waals surface area contributed by atoms with Gasteiger partial charge in [-0.1, -0.05) is 17.7 Å². The van der Waals surface area contributed by atoms with Gasteiger partial charge in [-0.3, -0.25) is 9.59 Å². The summed E-state index contributed by atoms with van der Waals surface area (Å²) in [6.07, 6.45) is -0.701. The fourth-order valence-corrected chi connectivity index (χ4v) is 2.67. The topological polar surface area (TPSA) is 110 Å². The van der Waals surface area contributed by atoms with Crippen molar-refractivity contribution in [3.05, 3.63) is 35.4 Å². The Kier molecular flexibility index (Phi) is 5.40. The van der Waals surface area contributed by atoms with E-state index in [1.807, 2.05) is 6.92 Å². The van der Waals surface area contributed by atoms with Gasteiger partial charge in [-0.15, -0.1) is 0 Å². The summed E-state index contributed by atoms with van der Waals surface area (Å²) in [4.78, 5) is 25.7. The van der Waals surface area contributed by atoms with Crippen LogP contribution in [0.2, 0.25) is 0 Å². The molecule has 0 saturated carbocycles. The molecule has 7 nitrogen and oxygen atoms in total. The normalized spacial score (nSPS) is 21.9. The Bertz CT molecular complexity index is 578. The Labute approximate surface area is 135 Å². The van der Waals surface area contributed by atoms with Crippen LogP contribution >= 0.6 is 0 Å². The summed E-state index contributed by atoms with van der Waals surface area (Å²) in [5.41, 5.74) is 1.46. The third kappa shape index (κ3) is 4.10. The monoisotopic (exact) mass is 320 g/mol. The minimum Gasteiger partial charge on any atom is -0.426 e. The molecule has 0 bridgehead atoms. The molecule has 0 spiro atoms. The van der Waals surface area contributed by atoms with Crippen LogP contribution in [0.4, 0.5) is 0 Å². The van der Waals surface area contributed by atoms with Gasteiger partial charge in [-0.2, -0.15) is 0 Å². The predicted molar refractivity (Wildman–Crippen MR) is 84.4 cm³/mol. The van der Waals surface area contributed by atoms with Gasteiger partial charge in [0.25, 0.3) is 5.91 Å². The first-order valence-corrected chi connectivity index (χ1v) is 7.52. The number of aliphatic hydroxyl groups excluding tert-OH is 1. The van der Waals surface area contributed by atoms with E-state index in [9.17, 15) is 24.7 Å². The van der Waals surface area contributed by atoms with Gasteiger partial charge >= 0.3 is 7.12 Å². The summed E-state index contributed by atoms with van der Waals surface area (Å²) in [7, 11) is -1.73. The summed E-state index contributed by atoms with van der Waals surface area (Å²) in [6, 6.07) is 6.10. The van der Waals surface area contributed by atoms with Gasteiger partial charge in [-0.05, 0) is 32.4 Å². The molecule has 1 fully saturated rings. The molecule has 1 aliphatic rings. The Morgan fingerprint density at radius 3 is 2.48 bits per heavy atom. The number of hydrogen-bond acceptors (Lipinski definition) is 5. The molecule has 1 saturated heterocycles. The van der Waals surface area contributed by atoms with E-state index in [1.165, 1.54) is 11.8 Å². The number of nitrogens with zero attached hydrogens (tertiary/aromatic N) is 1. The predicted octanol–water partition coefficient (Wildman–Crippen LogP) is -0.913. The first-order chi connectivity index (χ1) is 10.8. The van der Waals surface area contributed by atoms with Gasteiger partial charge in [0.2, 0.25) is 5.91 Å². The Morgan fingerprint density at radius 1 is 1.30 bits per heavy atom. The molecule has 0 aromatic heterocycles. The number of benzene rings is 1. The number of carbonyl (C=O) groups is 2. The van der Waals surface area contributed by atoms with Gasteiger partial charge in [0.15, 0.2) is 0 Å². The third-order valence-electron chi connectivity index (χ3n) is 3.98. The molecule has 0 unspecified atom stereocenters. The minimum absolute atomic E-state index is 0.0197. The maximum Gasteiger partial charge on any atom is 0.475 e. The van der Waals surface area contributed by atoms with E-state index >= 15 is 0 Å². The molecule has 8 heteroatoms. The van der Waals surface area contributed by atoms with Crippen molar-refractivity contribution in [3.8, 4) is 0 Å². The molecule has 1 heterocycles. The lowest BCUT2D eigenvalue weighted by Crippen LogP contribution is -2.52. The largest absolute Gasteiger partial charge is 0.475 e. The average molecular weight is 320 g/mol. The molecule has 0 radical (unpaired) electrons. The van der Waals surface area contributed by atoms with Crippen LogP contribution in [-0.2, 0) is 4.79 Å². The first-order valence-electron chi connectivity index (χ1n) is 7.52. The number of aryl methyl sites for hydroxylation is 1. The zero-order chi connectivity index (χ0) is 17.1. The molecular formula is C15H21BN2O5. The number of nitrogens with one attached hydrogen (secondary N) is 1. The molecule has 2 amide bonds. The zero-order valence-electron chi connectivity index (χ0n) is 13.1. The van der Waals surface area contributed by atoms with Crippen LogP contribution in [-0.4, -0.2) is 63.6 Å². The van der Waals surface area contributed by atoms with Crippen molar-refractivity contribution in [1.29, 1.82) is 0 Å². The average Bonchev–Trinajstić information content (AvgIpc) is 2.89. The second-order valence-corrected chi connectivity index (χ2v) is 5.92. The lowest BCUT2D eigenvalue weighted by atomic mass is 9.77. The molecule has 124 valence electrons. The zero-order valence-corrected chi connectivity index (χ0v) is 13.1. The standard InChI is InChI=1S/C15H21BN2O5/c1-9-3-5-11(6-4-9)14(20)17-10(2)15(21)18-8-12(19)7-13(18)16(22)23/h3-6,10,12-13,19,22-23H,7-8H2,1-2H3,(H,17,20)/t10-,12+,13+/m1/s1. The fraction of sp³-hybridized carbons (Fsp3) is 0.467. The van der Waals surface area contributed by atoms with Crippen molar-refractivity contribution >= 4 is 18.9 Å². The van der Waals surface area contributed by atoms with Crippen LogP contribution in [0.15, 0.2) is 24.3 Å². The Balaban J connectivity index is 2.02. The highest BCUT2D eigenvalue weighted by molar-refractivity contribution is 6.43. The van der Waals surface area contributed by atoms with Crippen molar-refractivity contribution in [2.75, 3.05) is 6.54 Å². The second kappa shape index (κ2) is 7.12. The molecular weight excluding hydrogens is 299 g/mol. The van der Waals surface area contributed by atoms with E-state index in [0.717, 1.165) is 5.56 Å². The van der Waals surface area contributed by atoms with E-state index in [1.54, 1.807) is 24.3 Å². The highest BCUT2D eigenvalue weighted by Gasteiger charge is 2.42. The van der Waals surface area contributed by atoms with Crippen LogP contribution in [0.5, 0.6) is 0 Å². The fourth-order valence-electron chi connectivity index (χ4n) is 2.67. The molecule has 1 aromatic rings. The van der Waals surface area contributed by atoms with E-state index < -0.39 is 31.1 Å². The van der Waals surface area contributed by atoms with Crippen molar-refractivity contribution in [2.45, 2.75) is 38.4 Å². The van der Waals surface area contributed by atoms with Crippen molar-refractivity contribution in [2.24, 2.45) is 0 Å². The number of amides is 2. The van der Waals surface area contributed by atoms with E-state index in [-0.39, 0.29) is 18.9 Å². The Morgan fingerprint density at radius 2 is 1.91 bits per heavy atom. The highest BCUT2D eigenvalue weighted by Crippen LogP contribution is 2.19. The lowest BCUT2D eigenvalue weighted by molar-refractivity contribution is -0.133. The SMILES string of the molecule is Cc1ccc(C(=O)N[C@H](C)C(=O)N2C[C@@H](O)C[C@H]2B(O)O)cc1. The Hall–Kier alpha value is -1.90. The third-order valence-corrected chi connectivity index (χ3v) is 3.98. The van der Waals surface area contributed by atoms with Crippen LogP contribution in [0.25, 0.3) is 0 Å². The molecule has 1 aliphatic heterocycles. The van der Waals surface area contributed by atoms with Crippen molar-refractivity contribution in [1.82, 2.24) is 10.2 Å². The van der Waals surface area contributed by atoms with Crippen LogP contribution < -0.4 is 5.32 Å². The van der Waals surface area contributed by atoms with Crippen molar-refractivity contribution in [3.63, 3.8) is 0 Å². The molecule has 23 heavy (non-hydrogen) atoms. The van der Waals surface area contributed by atoms with Crippen LogP contribution in [0.3, 0.4) is 0 Å². The number of hydrogen-bond donors (Lipinski definition) is 4. The van der Waals surface area contributed by atoms with Crippen molar-refractivity contribution < 1.29 is 24.7 Å². The summed E-state index contributed by atoms with van der Waals surface area (Å²) >= 11 is 0. The summed E-state index contributed by atoms with van der Waals surface area (Å²) in [5.74, 6) is -1.71. The quantitative estimate of drug-likeness (QED) is 0.537. The van der Waals surface area contributed by atoms with E-state index in [2.05, 4.69) is 5.32 Å². The maximum atomic E-state index is 12.4. The first kappa shape index (κ1) is 17.5. The maximum absolute atomic E-state index is 12.4. The van der Waals surface area contributed by atoms with Gasteiger partial charge in [0.05, 0.1) is 12.0 Å². The molecule has 3 atom stereocenters. The summed E-state index contributed by atoms with van der Waals surface area (Å²) in [5, 5.41) is 30.9. The van der Waals surface area contributed by atoms with E-state index in [0.29, 0.717) is 5.56 Å². The van der Waals surface area contributed by atoms with Gasteiger partial charge in [-0.25, -0.2) is 0 Å². The van der Waals surface area contributed by atoms with Gasteiger partial charge < -0.3 is 25.4 Å². The molecule has 1 aromatic carbocycles. The highest BCUT2D eigenvalue weighted by atomic mass is 16.4. The minimum atomic E-state index is -1.73. The number of β-amino-alcohol motifs (C(OH)–C–C–N with tert-alkyl or cyclic N) is 1.